The number of carbonyl (C=O) groups excluding carboxylic acids is 1. The zero-order valence-corrected chi connectivity index (χ0v) is 18.0. The fraction of sp³-hybridized carbons (Fsp3) is 0.250. The van der Waals surface area contributed by atoms with E-state index in [2.05, 4.69) is 36.4 Å². The Kier molecular flexibility index (Phi) is 6.55. The number of nitrogens with one attached hydrogen (secondary N) is 1. The average molecular weight is 408 g/mol. The molecule has 1 aromatic heterocycles. The third-order valence-electron chi connectivity index (χ3n) is 4.94. The van der Waals surface area contributed by atoms with Crippen molar-refractivity contribution in [1.82, 2.24) is 9.78 Å². The van der Waals surface area contributed by atoms with Crippen LogP contribution in [0.3, 0.4) is 0 Å². The monoisotopic (exact) mass is 407 g/mol. The summed E-state index contributed by atoms with van der Waals surface area (Å²) < 4.78 is 1.86. The summed E-state index contributed by atoms with van der Waals surface area (Å²) in [5, 5.41) is 8.23. The summed E-state index contributed by atoms with van der Waals surface area (Å²) >= 11 is 6.26. The summed E-state index contributed by atoms with van der Waals surface area (Å²) in [6, 6.07) is 15.9. The van der Waals surface area contributed by atoms with E-state index in [1.807, 2.05) is 61.0 Å². The first kappa shape index (κ1) is 20.9. The van der Waals surface area contributed by atoms with E-state index in [1.165, 1.54) is 5.56 Å². The molecular formula is C24H26ClN3O. The fourth-order valence-electron chi connectivity index (χ4n) is 3.15. The number of amides is 1. The molecule has 2 aromatic carbocycles. The van der Waals surface area contributed by atoms with E-state index in [9.17, 15) is 4.79 Å². The van der Waals surface area contributed by atoms with E-state index < -0.39 is 0 Å². The Morgan fingerprint density at radius 2 is 1.83 bits per heavy atom. The quantitative estimate of drug-likeness (QED) is 0.511. The number of benzene rings is 2. The van der Waals surface area contributed by atoms with Crippen LogP contribution in [0.1, 0.15) is 47.8 Å². The molecule has 150 valence electrons. The molecule has 4 nitrogen and oxygen atoms in total. The van der Waals surface area contributed by atoms with Crippen LogP contribution in [-0.2, 0) is 11.3 Å². The lowest BCUT2D eigenvalue weighted by Crippen LogP contribution is -2.10. The highest BCUT2D eigenvalue weighted by atomic mass is 35.5. The van der Waals surface area contributed by atoms with Gasteiger partial charge < -0.3 is 5.32 Å². The first-order valence-corrected chi connectivity index (χ1v) is 10.1. The molecule has 3 aromatic rings. The first-order chi connectivity index (χ1) is 13.8. The molecule has 0 bridgehead atoms. The summed E-state index contributed by atoms with van der Waals surface area (Å²) in [6.45, 7) is 8.71. The van der Waals surface area contributed by atoms with Gasteiger partial charge in [-0.3, -0.25) is 9.48 Å². The molecule has 0 fully saturated rings. The number of anilines is 1. The van der Waals surface area contributed by atoms with Gasteiger partial charge >= 0.3 is 0 Å². The van der Waals surface area contributed by atoms with Gasteiger partial charge in [-0.05, 0) is 48.6 Å². The minimum atomic E-state index is -0.179. The number of carbonyl (C=O) groups is 1. The molecule has 1 amide bonds. The Morgan fingerprint density at radius 1 is 1.14 bits per heavy atom. The maximum atomic E-state index is 12.4. The molecule has 0 saturated carbocycles. The molecule has 0 spiro atoms. The summed E-state index contributed by atoms with van der Waals surface area (Å²) in [5.41, 5.74) is 5.67. The van der Waals surface area contributed by atoms with Gasteiger partial charge in [0, 0.05) is 11.1 Å². The lowest BCUT2D eigenvalue weighted by molar-refractivity contribution is -0.111. The normalized spacial score (nSPS) is 11.4. The van der Waals surface area contributed by atoms with E-state index in [0.717, 1.165) is 28.2 Å². The molecule has 5 heteroatoms. The Hall–Kier alpha value is -2.85. The molecule has 0 atom stereocenters. The second kappa shape index (κ2) is 9.10. The molecule has 1 N–H and O–H groups in total. The van der Waals surface area contributed by atoms with Crippen molar-refractivity contribution in [3.8, 4) is 0 Å². The Bertz CT molecular complexity index is 1030. The lowest BCUT2D eigenvalue weighted by Gasteiger charge is -2.07. The predicted molar refractivity (Wildman–Crippen MR) is 120 cm³/mol. The SMILES string of the molecule is Cc1nn(Cc2ccccc2Cl)c(C)c1NC(=O)/C=C/c1ccc(C(C)C)cc1. The van der Waals surface area contributed by atoms with Crippen molar-refractivity contribution in [3.05, 3.63) is 87.7 Å². The Balaban J connectivity index is 1.70. The van der Waals surface area contributed by atoms with E-state index in [4.69, 9.17) is 11.6 Å². The highest BCUT2D eigenvalue weighted by molar-refractivity contribution is 6.31. The summed E-state index contributed by atoms with van der Waals surface area (Å²) in [7, 11) is 0. The molecule has 1 heterocycles. The van der Waals surface area contributed by atoms with Gasteiger partial charge in [0.05, 0.1) is 23.6 Å². The van der Waals surface area contributed by atoms with Crippen molar-refractivity contribution in [3.63, 3.8) is 0 Å². The summed E-state index contributed by atoms with van der Waals surface area (Å²) in [5.74, 6) is 0.311. The van der Waals surface area contributed by atoms with Crippen molar-refractivity contribution in [2.75, 3.05) is 5.32 Å². The number of hydrogen-bond donors (Lipinski definition) is 1. The number of hydrogen-bond acceptors (Lipinski definition) is 2. The van der Waals surface area contributed by atoms with Crippen molar-refractivity contribution in [1.29, 1.82) is 0 Å². The van der Waals surface area contributed by atoms with Gasteiger partial charge in [-0.2, -0.15) is 5.10 Å². The van der Waals surface area contributed by atoms with Gasteiger partial charge in [0.25, 0.3) is 0 Å². The molecule has 0 saturated heterocycles. The molecule has 29 heavy (non-hydrogen) atoms. The largest absolute Gasteiger partial charge is 0.319 e. The van der Waals surface area contributed by atoms with Crippen LogP contribution in [0.2, 0.25) is 5.02 Å². The van der Waals surface area contributed by atoms with Crippen LogP contribution in [0.25, 0.3) is 6.08 Å². The number of aryl methyl sites for hydroxylation is 1. The number of aromatic nitrogens is 2. The Morgan fingerprint density at radius 3 is 2.48 bits per heavy atom. The minimum Gasteiger partial charge on any atom is -0.319 e. The van der Waals surface area contributed by atoms with Crippen LogP contribution >= 0.6 is 11.6 Å². The average Bonchev–Trinajstić information content (AvgIpc) is 2.96. The summed E-state index contributed by atoms with van der Waals surface area (Å²) in [4.78, 5) is 12.4. The second-order valence-corrected chi connectivity index (χ2v) is 7.85. The van der Waals surface area contributed by atoms with Crippen LogP contribution in [0.4, 0.5) is 5.69 Å². The predicted octanol–water partition coefficient (Wildman–Crippen LogP) is 5.98. The van der Waals surface area contributed by atoms with Gasteiger partial charge in [0.1, 0.15) is 0 Å². The third kappa shape index (κ3) is 5.15. The van der Waals surface area contributed by atoms with E-state index in [-0.39, 0.29) is 5.91 Å². The third-order valence-corrected chi connectivity index (χ3v) is 5.31. The maximum absolute atomic E-state index is 12.4. The molecular weight excluding hydrogens is 382 g/mol. The van der Waals surface area contributed by atoms with E-state index in [0.29, 0.717) is 17.5 Å². The molecule has 0 radical (unpaired) electrons. The van der Waals surface area contributed by atoms with Crippen molar-refractivity contribution >= 4 is 29.3 Å². The van der Waals surface area contributed by atoms with Gasteiger partial charge in [-0.15, -0.1) is 0 Å². The maximum Gasteiger partial charge on any atom is 0.248 e. The van der Waals surface area contributed by atoms with Gasteiger partial charge in [0.15, 0.2) is 0 Å². The molecule has 0 aliphatic rings. The van der Waals surface area contributed by atoms with Crippen LogP contribution < -0.4 is 5.32 Å². The molecule has 3 rings (SSSR count). The lowest BCUT2D eigenvalue weighted by atomic mass is 10.0. The standard InChI is InChI=1S/C24H26ClN3O/c1-16(2)20-12-9-19(10-13-20)11-14-23(29)26-24-17(3)27-28(18(24)4)15-21-7-5-6-8-22(21)25/h5-14,16H,15H2,1-4H3,(H,26,29)/b14-11+. The topological polar surface area (TPSA) is 46.9 Å². The second-order valence-electron chi connectivity index (χ2n) is 7.44. The zero-order valence-electron chi connectivity index (χ0n) is 17.2. The molecule has 0 aliphatic carbocycles. The van der Waals surface area contributed by atoms with Crippen LogP contribution in [0.5, 0.6) is 0 Å². The number of halogens is 1. The van der Waals surface area contributed by atoms with Crippen LogP contribution in [0.15, 0.2) is 54.6 Å². The smallest absolute Gasteiger partial charge is 0.248 e. The van der Waals surface area contributed by atoms with Gasteiger partial charge in [-0.1, -0.05) is 67.9 Å². The van der Waals surface area contributed by atoms with Crippen molar-refractivity contribution < 1.29 is 4.79 Å². The van der Waals surface area contributed by atoms with Gasteiger partial charge in [0.2, 0.25) is 5.91 Å². The molecule has 0 aliphatic heterocycles. The zero-order chi connectivity index (χ0) is 21.0. The first-order valence-electron chi connectivity index (χ1n) is 9.71. The number of nitrogens with zero attached hydrogens (tertiary/aromatic N) is 2. The van der Waals surface area contributed by atoms with E-state index in [1.54, 1.807) is 6.08 Å². The van der Waals surface area contributed by atoms with Gasteiger partial charge in [-0.25, -0.2) is 0 Å². The minimum absolute atomic E-state index is 0.179. The molecule has 0 unspecified atom stereocenters. The van der Waals surface area contributed by atoms with Crippen molar-refractivity contribution in [2.24, 2.45) is 0 Å². The summed E-state index contributed by atoms with van der Waals surface area (Å²) in [6.07, 6.45) is 3.37. The highest BCUT2D eigenvalue weighted by Crippen LogP contribution is 2.23. The number of rotatable bonds is 6. The highest BCUT2D eigenvalue weighted by Gasteiger charge is 2.14. The van der Waals surface area contributed by atoms with Crippen LogP contribution in [-0.4, -0.2) is 15.7 Å². The fourth-order valence-corrected chi connectivity index (χ4v) is 3.34. The van der Waals surface area contributed by atoms with E-state index >= 15 is 0 Å². The van der Waals surface area contributed by atoms with Crippen molar-refractivity contribution in [2.45, 2.75) is 40.2 Å². The Labute approximate surface area is 177 Å². The van der Waals surface area contributed by atoms with Crippen LogP contribution in [0, 0.1) is 13.8 Å².